The van der Waals surface area contributed by atoms with Crippen molar-refractivity contribution in [3.8, 4) is 0 Å². The number of hydrogen-bond donors (Lipinski definition) is 1. The normalized spacial score (nSPS) is 31.7. The molecule has 6 rings (SSSR count). The summed E-state index contributed by atoms with van der Waals surface area (Å²) in [5, 5.41) is 3.18. The first-order valence-electron chi connectivity index (χ1n) is 11.5. The number of rotatable bonds is 5. The zero-order valence-electron chi connectivity index (χ0n) is 17.3. The Hall–Kier alpha value is -2.43. The number of carbonyl (C=O) groups is 3. The summed E-state index contributed by atoms with van der Waals surface area (Å²) < 4.78 is 0. The van der Waals surface area contributed by atoms with Gasteiger partial charge in [0.2, 0.25) is 17.7 Å². The van der Waals surface area contributed by atoms with Crippen molar-refractivity contribution in [3.05, 3.63) is 48.0 Å². The monoisotopic (exact) mass is 406 g/mol. The average Bonchev–Trinajstić information content (AvgIpc) is 3.07. The summed E-state index contributed by atoms with van der Waals surface area (Å²) in [4.78, 5) is 41.7. The van der Waals surface area contributed by atoms with Gasteiger partial charge in [-0.2, -0.15) is 0 Å². The Morgan fingerprint density at radius 3 is 2.07 bits per heavy atom. The molecule has 0 radical (unpaired) electrons. The molecule has 158 valence electrons. The number of allylic oxidation sites excluding steroid dienone is 2. The molecule has 1 N–H and O–H groups in total. The number of fused-ring (bicyclic) bond motifs is 1. The van der Waals surface area contributed by atoms with Crippen LogP contribution in [0.1, 0.15) is 50.5 Å². The van der Waals surface area contributed by atoms with Crippen molar-refractivity contribution in [2.75, 3.05) is 0 Å². The van der Waals surface area contributed by atoms with Crippen molar-refractivity contribution in [2.24, 2.45) is 23.7 Å². The summed E-state index contributed by atoms with van der Waals surface area (Å²) in [6.07, 6.45) is 12.0. The Morgan fingerprint density at radius 2 is 1.50 bits per heavy atom. The minimum Gasteiger partial charge on any atom is -0.352 e. The standard InChI is InChI=1S/C25H30N2O3/c28-23(26-19-9-5-2-6-10-19)20(15-16-7-3-1-4-8-16)27-24(29)21-17-11-12-18(14-13-17)22(21)25(27)30/h1,3-4,7-8,11-12,17-22H,2,5-6,9-10,13-15H2,(H,26,28)/t17-,18-,20+,21-,22+/m0/s1. The Labute approximate surface area is 177 Å². The SMILES string of the molecule is O=C(NC1CCCCC1)[C@@H](Cc1ccccc1)N1C(=O)[C@@H]2[C@H](C1=O)[C@H]1C=C[C@H]2CC1. The molecule has 0 aromatic heterocycles. The molecule has 1 aromatic rings. The molecular formula is C25H30N2O3. The molecule has 5 nitrogen and oxygen atoms in total. The minimum atomic E-state index is -0.765. The quantitative estimate of drug-likeness (QED) is 0.603. The van der Waals surface area contributed by atoms with Crippen molar-refractivity contribution in [3.63, 3.8) is 0 Å². The highest BCUT2D eigenvalue weighted by molar-refractivity contribution is 6.09. The van der Waals surface area contributed by atoms with Gasteiger partial charge in [-0.05, 0) is 43.1 Å². The largest absolute Gasteiger partial charge is 0.352 e. The summed E-state index contributed by atoms with van der Waals surface area (Å²) in [5.41, 5.74) is 0.970. The number of hydrogen-bond acceptors (Lipinski definition) is 3. The molecule has 4 aliphatic carbocycles. The number of likely N-dealkylation sites (tertiary alicyclic amines) is 1. The van der Waals surface area contributed by atoms with Crippen molar-refractivity contribution in [1.82, 2.24) is 10.2 Å². The third-order valence-electron chi connectivity index (χ3n) is 7.63. The third-order valence-corrected chi connectivity index (χ3v) is 7.63. The topological polar surface area (TPSA) is 66.5 Å². The van der Waals surface area contributed by atoms with Crippen LogP contribution >= 0.6 is 0 Å². The highest BCUT2D eigenvalue weighted by Crippen LogP contribution is 2.50. The molecule has 0 spiro atoms. The van der Waals surface area contributed by atoms with E-state index in [1.807, 2.05) is 30.3 Å². The van der Waals surface area contributed by atoms with Crippen LogP contribution in [-0.4, -0.2) is 34.7 Å². The second-order valence-electron chi connectivity index (χ2n) is 9.44. The third kappa shape index (κ3) is 3.38. The van der Waals surface area contributed by atoms with E-state index < -0.39 is 6.04 Å². The maximum absolute atomic E-state index is 13.5. The molecule has 2 saturated carbocycles. The molecule has 5 heteroatoms. The molecule has 1 aliphatic heterocycles. The van der Waals surface area contributed by atoms with Gasteiger partial charge in [-0.3, -0.25) is 19.3 Å². The molecule has 30 heavy (non-hydrogen) atoms. The highest BCUT2D eigenvalue weighted by atomic mass is 16.2. The number of benzene rings is 1. The molecule has 5 aliphatic rings. The molecule has 0 unspecified atom stereocenters. The summed E-state index contributed by atoms with van der Waals surface area (Å²) >= 11 is 0. The van der Waals surface area contributed by atoms with E-state index in [1.165, 1.54) is 11.3 Å². The number of imide groups is 1. The molecule has 1 aromatic carbocycles. The van der Waals surface area contributed by atoms with Crippen molar-refractivity contribution in [2.45, 2.75) is 63.5 Å². The van der Waals surface area contributed by atoms with E-state index >= 15 is 0 Å². The first-order valence-corrected chi connectivity index (χ1v) is 11.5. The van der Waals surface area contributed by atoms with Crippen LogP contribution in [0.25, 0.3) is 0 Å². The van der Waals surface area contributed by atoms with Gasteiger partial charge in [0.25, 0.3) is 0 Å². The van der Waals surface area contributed by atoms with Gasteiger partial charge >= 0.3 is 0 Å². The van der Waals surface area contributed by atoms with Gasteiger partial charge < -0.3 is 5.32 Å². The second kappa shape index (κ2) is 8.01. The molecule has 2 bridgehead atoms. The fourth-order valence-electron chi connectivity index (χ4n) is 6.09. The lowest BCUT2D eigenvalue weighted by atomic mass is 9.63. The van der Waals surface area contributed by atoms with Gasteiger partial charge in [0.05, 0.1) is 11.8 Å². The zero-order valence-corrected chi connectivity index (χ0v) is 17.3. The lowest BCUT2D eigenvalue weighted by molar-refractivity contribution is -0.148. The fourth-order valence-corrected chi connectivity index (χ4v) is 6.09. The van der Waals surface area contributed by atoms with Crippen LogP contribution in [-0.2, 0) is 20.8 Å². The van der Waals surface area contributed by atoms with Gasteiger partial charge in [-0.15, -0.1) is 0 Å². The van der Waals surface area contributed by atoms with E-state index in [9.17, 15) is 14.4 Å². The van der Waals surface area contributed by atoms with E-state index in [4.69, 9.17) is 0 Å². The van der Waals surface area contributed by atoms with Crippen LogP contribution in [0.2, 0.25) is 0 Å². The van der Waals surface area contributed by atoms with Gasteiger partial charge in [0.15, 0.2) is 0 Å². The van der Waals surface area contributed by atoms with E-state index in [-0.39, 0.29) is 47.4 Å². The summed E-state index contributed by atoms with van der Waals surface area (Å²) in [6, 6.07) is 9.11. The molecule has 3 fully saturated rings. The van der Waals surface area contributed by atoms with Crippen molar-refractivity contribution < 1.29 is 14.4 Å². The minimum absolute atomic E-state index is 0.135. The van der Waals surface area contributed by atoms with E-state index in [0.29, 0.717) is 6.42 Å². The van der Waals surface area contributed by atoms with Crippen molar-refractivity contribution in [1.29, 1.82) is 0 Å². The first-order chi connectivity index (χ1) is 14.6. The van der Waals surface area contributed by atoms with Crippen LogP contribution in [0.4, 0.5) is 0 Å². The van der Waals surface area contributed by atoms with Crippen molar-refractivity contribution >= 4 is 17.7 Å². The first kappa shape index (κ1) is 19.5. The summed E-state index contributed by atoms with van der Waals surface area (Å²) in [7, 11) is 0. The van der Waals surface area contributed by atoms with Crippen LogP contribution < -0.4 is 5.32 Å². The highest BCUT2D eigenvalue weighted by Gasteiger charge is 2.58. The van der Waals surface area contributed by atoms with Gasteiger partial charge in [-0.1, -0.05) is 61.7 Å². The molecule has 1 saturated heterocycles. The van der Waals surface area contributed by atoms with Crippen LogP contribution in [0.5, 0.6) is 0 Å². The van der Waals surface area contributed by atoms with Gasteiger partial charge in [-0.25, -0.2) is 0 Å². The van der Waals surface area contributed by atoms with E-state index in [1.54, 1.807) is 0 Å². The Kier molecular flexibility index (Phi) is 5.21. The summed E-state index contributed by atoms with van der Waals surface area (Å²) in [6.45, 7) is 0. The number of amides is 3. The Balaban J connectivity index is 1.43. The maximum Gasteiger partial charge on any atom is 0.243 e. The second-order valence-corrected chi connectivity index (χ2v) is 9.44. The summed E-state index contributed by atoms with van der Waals surface area (Å²) in [5.74, 6) is -0.719. The average molecular weight is 407 g/mol. The van der Waals surface area contributed by atoms with Crippen LogP contribution in [0, 0.1) is 23.7 Å². The van der Waals surface area contributed by atoms with E-state index in [0.717, 1.165) is 44.1 Å². The predicted octanol–water partition coefficient (Wildman–Crippen LogP) is 3.24. The molecule has 1 heterocycles. The number of nitrogens with one attached hydrogen (secondary N) is 1. The van der Waals surface area contributed by atoms with Crippen LogP contribution in [0.15, 0.2) is 42.5 Å². The van der Waals surface area contributed by atoms with Crippen LogP contribution in [0.3, 0.4) is 0 Å². The number of carbonyl (C=O) groups excluding carboxylic acids is 3. The maximum atomic E-state index is 13.5. The Morgan fingerprint density at radius 1 is 0.900 bits per heavy atom. The van der Waals surface area contributed by atoms with Gasteiger partial charge in [0, 0.05) is 12.5 Å². The smallest absolute Gasteiger partial charge is 0.243 e. The number of nitrogens with zero attached hydrogens (tertiary/aromatic N) is 1. The van der Waals surface area contributed by atoms with Gasteiger partial charge in [0.1, 0.15) is 6.04 Å². The lowest BCUT2D eigenvalue weighted by Crippen LogP contribution is -2.53. The lowest BCUT2D eigenvalue weighted by Gasteiger charge is -2.38. The van der Waals surface area contributed by atoms with E-state index in [2.05, 4.69) is 17.5 Å². The Bertz CT molecular complexity index is 826. The molecule has 5 atom stereocenters. The molecule has 3 amide bonds. The fraction of sp³-hybridized carbons (Fsp3) is 0.560. The molecular weight excluding hydrogens is 376 g/mol. The zero-order chi connectivity index (χ0) is 20.7. The predicted molar refractivity (Wildman–Crippen MR) is 113 cm³/mol.